The van der Waals surface area contributed by atoms with Gasteiger partial charge in [0.2, 0.25) is 11.8 Å². The van der Waals surface area contributed by atoms with Crippen LogP contribution in [0.4, 0.5) is 0 Å². The second-order valence-corrected chi connectivity index (χ2v) is 8.61. The quantitative estimate of drug-likeness (QED) is 0.757. The molecule has 0 atom stereocenters. The number of rotatable bonds is 6. The Labute approximate surface area is 177 Å². The fourth-order valence-corrected chi connectivity index (χ4v) is 4.91. The van der Waals surface area contributed by atoms with Crippen LogP contribution in [0.15, 0.2) is 48.5 Å². The van der Waals surface area contributed by atoms with Gasteiger partial charge in [-0.1, -0.05) is 60.8 Å². The molecule has 29 heavy (non-hydrogen) atoms. The van der Waals surface area contributed by atoms with Gasteiger partial charge >= 0.3 is 0 Å². The van der Waals surface area contributed by atoms with Gasteiger partial charge in [-0.15, -0.1) is 0 Å². The summed E-state index contributed by atoms with van der Waals surface area (Å²) in [5.74, 6) is 0.291. The number of carbonyl (C=O) groups excluding carboxylic acids is 2. The summed E-state index contributed by atoms with van der Waals surface area (Å²) in [5, 5.41) is 3.86. The number of nitrogens with zero attached hydrogens (tertiary/aromatic N) is 1. The summed E-state index contributed by atoms with van der Waals surface area (Å²) in [6, 6.07) is 15.8. The summed E-state index contributed by atoms with van der Waals surface area (Å²) in [4.78, 5) is 27.3. The van der Waals surface area contributed by atoms with Gasteiger partial charge in [-0.25, -0.2) is 0 Å². The molecule has 1 N–H and O–H groups in total. The molecule has 152 valence electrons. The standard InChI is InChI=1S/C24H27ClN2O2/c25-21-10-5-9-20(15-21)24(12-3-4-13-24)23(29)26-16-18-7-1-2-8-19(18)17-27-14-6-11-22(27)28/h1-2,5,7-10,15H,3-4,6,11-14,16-17H2,(H,26,29). The lowest BCUT2D eigenvalue weighted by Gasteiger charge is -2.29. The van der Waals surface area contributed by atoms with Gasteiger partial charge in [0.1, 0.15) is 0 Å². The highest BCUT2D eigenvalue weighted by molar-refractivity contribution is 6.30. The lowest BCUT2D eigenvalue weighted by atomic mass is 9.78. The molecule has 0 bridgehead atoms. The van der Waals surface area contributed by atoms with Crippen molar-refractivity contribution >= 4 is 23.4 Å². The lowest BCUT2D eigenvalue weighted by Crippen LogP contribution is -2.42. The molecule has 2 amide bonds. The summed E-state index contributed by atoms with van der Waals surface area (Å²) < 4.78 is 0. The lowest BCUT2D eigenvalue weighted by molar-refractivity contribution is -0.128. The summed E-state index contributed by atoms with van der Waals surface area (Å²) >= 11 is 6.21. The first kappa shape index (κ1) is 20.0. The third-order valence-electron chi connectivity index (χ3n) is 6.36. The molecule has 2 aromatic carbocycles. The zero-order valence-electron chi connectivity index (χ0n) is 16.6. The van der Waals surface area contributed by atoms with E-state index in [2.05, 4.69) is 11.4 Å². The fraction of sp³-hybridized carbons (Fsp3) is 0.417. The molecule has 2 aliphatic rings. The number of nitrogens with one attached hydrogen (secondary N) is 1. The van der Waals surface area contributed by atoms with Crippen molar-refractivity contribution in [3.8, 4) is 0 Å². The molecule has 4 rings (SSSR count). The molecule has 1 saturated carbocycles. The second-order valence-electron chi connectivity index (χ2n) is 8.17. The molecule has 1 aliphatic carbocycles. The van der Waals surface area contributed by atoms with Crippen molar-refractivity contribution in [3.05, 3.63) is 70.2 Å². The molecule has 0 radical (unpaired) electrons. The van der Waals surface area contributed by atoms with E-state index in [9.17, 15) is 9.59 Å². The van der Waals surface area contributed by atoms with Gasteiger partial charge in [-0.3, -0.25) is 9.59 Å². The number of halogens is 1. The maximum absolute atomic E-state index is 13.3. The number of likely N-dealkylation sites (tertiary alicyclic amines) is 1. The minimum Gasteiger partial charge on any atom is -0.351 e. The normalized spacial score (nSPS) is 18.2. The Bertz CT molecular complexity index is 905. The Balaban J connectivity index is 1.50. The van der Waals surface area contributed by atoms with E-state index < -0.39 is 5.41 Å². The van der Waals surface area contributed by atoms with Crippen molar-refractivity contribution in [1.29, 1.82) is 0 Å². The summed E-state index contributed by atoms with van der Waals surface area (Å²) in [5.41, 5.74) is 2.69. The Morgan fingerprint density at radius 2 is 1.79 bits per heavy atom. The van der Waals surface area contributed by atoms with Gasteiger partial charge in [-0.2, -0.15) is 0 Å². The number of amides is 2. The largest absolute Gasteiger partial charge is 0.351 e. The van der Waals surface area contributed by atoms with E-state index in [1.165, 1.54) is 0 Å². The first-order valence-corrected chi connectivity index (χ1v) is 10.9. The van der Waals surface area contributed by atoms with Crippen LogP contribution in [-0.4, -0.2) is 23.3 Å². The Kier molecular flexibility index (Phi) is 5.91. The second kappa shape index (κ2) is 8.58. The molecule has 4 nitrogen and oxygen atoms in total. The average Bonchev–Trinajstić information content (AvgIpc) is 3.37. The van der Waals surface area contributed by atoms with Gasteiger partial charge in [0.25, 0.3) is 0 Å². The highest BCUT2D eigenvalue weighted by Crippen LogP contribution is 2.42. The molecule has 2 aromatic rings. The van der Waals surface area contributed by atoms with Crippen LogP contribution in [-0.2, 0) is 28.1 Å². The van der Waals surface area contributed by atoms with Gasteiger partial charge in [0, 0.05) is 31.1 Å². The smallest absolute Gasteiger partial charge is 0.230 e. The molecule has 1 heterocycles. The SMILES string of the molecule is O=C1CCCN1Cc1ccccc1CNC(=O)C1(c2cccc(Cl)c2)CCCC1. The van der Waals surface area contributed by atoms with Crippen LogP contribution in [0.2, 0.25) is 5.02 Å². The van der Waals surface area contributed by atoms with Gasteiger partial charge in [-0.05, 0) is 48.1 Å². The van der Waals surface area contributed by atoms with Crippen molar-refractivity contribution in [1.82, 2.24) is 10.2 Å². The van der Waals surface area contributed by atoms with Crippen molar-refractivity contribution < 1.29 is 9.59 Å². The van der Waals surface area contributed by atoms with E-state index in [0.717, 1.165) is 55.3 Å². The van der Waals surface area contributed by atoms with Crippen LogP contribution in [0.25, 0.3) is 0 Å². The topological polar surface area (TPSA) is 49.4 Å². The minimum atomic E-state index is -0.495. The van der Waals surface area contributed by atoms with Gasteiger partial charge < -0.3 is 10.2 Å². The third-order valence-corrected chi connectivity index (χ3v) is 6.59. The van der Waals surface area contributed by atoms with Crippen LogP contribution in [0.3, 0.4) is 0 Å². The van der Waals surface area contributed by atoms with Crippen molar-refractivity contribution in [2.45, 2.75) is 57.0 Å². The Hall–Kier alpha value is -2.33. The zero-order chi connectivity index (χ0) is 20.3. The van der Waals surface area contributed by atoms with Crippen LogP contribution in [0.5, 0.6) is 0 Å². The van der Waals surface area contributed by atoms with E-state index in [1.807, 2.05) is 47.4 Å². The molecule has 0 unspecified atom stereocenters. The highest BCUT2D eigenvalue weighted by Gasteiger charge is 2.42. The highest BCUT2D eigenvalue weighted by atomic mass is 35.5. The monoisotopic (exact) mass is 410 g/mol. The third kappa shape index (κ3) is 4.18. The zero-order valence-corrected chi connectivity index (χ0v) is 17.4. The fourth-order valence-electron chi connectivity index (χ4n) is 4.72. The van der Waals surface area contributed by atoms with E-state index in [4.69, 9.17) is 11.6 Å². The van der Waals surface area contributed by atoms with Crippen LogP contribution in [0.1, 0.15) is 55.2 Å². The van der Waals surface area contributed by atoms with Gasteiger partial charge in [0.15, 0.2) is 0 Å². The van der Waals surface area contributed by atoms with E-state index in [0.29, 0.717) is 24.5 Å². The van der Waals surface area contributed by atoms with E-state index in [1.54, 1.807) is 0 Å². The summed E-state index contributed by atoms with van der Waals surface area (Å²) in [6.45, 7) is 1.90. The van der Waals surface area contributed by atoms with E-state index in [-0.39, 0.29) is 11.8 Å². The van der Waals surface area contributed by atoms with Gasteiger partial charge in [0.05, 0.1) is 5.41 Å². The molecular weight excluding hydrogens is 384 g/mol. The molecule has 1 saturated heterocycles. The van der Waals surface area contributed by atoms with E-state index >= 15 is 0 Å². The first-order valence-electron chi connectivity index (χ1n) is 10.5. The average molecular weight is 411 g/mol. The molecular formula is C24H27ClN2O2. The number of carbonyl (C=O) groups is 2. The van der Waals surface area contributed by atoms with Crippen molar-refractivity contribution in [3.63, 3.8) is 0 Å². The Morgan fingerprint density at radius 1 is 1.03 bits per heavy atom. The number of hydrogen-bond acceptors (Lipinski definition) is 2. The molecule has 0 aromatic heterocycles. The van der Waals surface area contributed by atoms with Crippen LogP contribution < -0.4 is 5.32 Å². The van der Waals surface area contributed by atoms with Crippen LogP contribution in [0, 0.1) is 0 Å². The molecule has 5 heteroatoms. The maximum atomic E-state index is 13.3. The molecule has 2 fully saturated rings. The summed E-state index contributed by atoms with van der Waals surface area (Å²) in [7, 11) is 0. The number of hydrogen-bond donors (Lipinski definition) is 1. The molecule has 1 aliphatic heterocycles. The minimum absolute atomic E-state index is 0.0734. The first-order chi connectivity index (χ1) is 14.1. The van der Waals surface area contributed by atoms with Crippen molar-refractivity contribution in [2.24, 2.45) is 0 Å². The predicted molar refractivity (Wildman–Crippen MR) is 115 cm³/mol. The molecule has 0 spiro atoms. The Morgan fingerprint density at radius 3 is 2.48 bits per heavy atom. The van der Waals surface area contributed by atoms with Crippen molar-refractivity contribution in [2.75, 3.05) is 6.54 Å². The number of benzene rings is 2. The summed E-state index contributed by atoms with van der Waals surface area (Å²) in [6.07, 6.45) is 5.37. The predicted octanol–water partition coefficient (Wildman–Crippen LogP) is 4.59. The maximum Gasteiger partial charge on any atom is 0.230 e. The van der Waals surface area contributed by atoms with Crippen LogP contribution >= 0.6 is 11.6 Å².